The number of nitrogens with zero attached hydrogens (tertiary/aromatic N) is 2. The third-order valence-corrected chi connectivity index (χ3v) is 3.84. The van der Waals surface area contributed by atoms with E-state index in [1.54, 1.807) is 4.90 Å². The Morgan fingerprint density at radius 2 is 2.04 bits per heavy atom. The number of nitro groups is 1. The highest BCUT2D eigenvalue weighted by Crippen LogP contribution is 2.25. The van der Waals surface area contributed by atoms with Crippen molar-refractivity contribution < 1.29 is 24.0 Å². The maximum absolute atomic E-state index is 12.1. The van der Waals surface area contributed by atoms with Crippen LogP contribution in [0.3, 0.4) is 0 Å². The van der Waals surface area contributed by atoms with Crippen LogP contribution >= 0.6 is 0 Å². The van der Waals surface area contributed by atoms with Crippen LogP contribution in [0.4, 0.5) is 11.4 Å². The molecular weight excluding hydrogens is 330 g/mol. The molecule has 25 heavy (non-hydrogen) atoms. The molecule has 0 atom stereocenters. The van der Waals surface area contributed by atoms with Gasteiger partial charge in [-0.2, -0.15) is 0 Å². The van der Waals surface area contributed by atoms with E-state index in [1.165, 1.54) is 19.2 Å². The van der Waals surface area contributed by atoms with Crippen LogP contribution in [-0.4, -0.2) is 61.7 Å². The number of hydrogen-bond acceptors (Lipinski definition) is 7. The average molecular weight is 351 g/mol. The SMILES string of the molecule is COCCNc1ccc(C(=O)OCC(=O)N2CCCC2)cc1[N+](=O)[O-]. The second-order valence-corrected chi connectivity index (χ2v) is 5.57. The van der Waals surface area contributed by atoms with Gasteiger partial charge in [0.15, 0.2) is 6.61 Å². The summed E-state index contributed by atoms with van der Waals surface area (Å²) < 4.78 is 9.86. The molecule has 0 saturated carbocycles. The number of nitrogens with one attached hydrogen (secondary N) is 1. The van der Waals surface area contributed by atoms with E-state index in [4.69, 9.17) is 9.47 Å². The van der Waals surface area contributed by atoms with E-state index in [0.29, 0.717) is 26.2 Å². The number of ether oxygens (including phenoxy) is 2. The van der Waals surface area contributed by atoms with Crippen LogP contribution in [0, 0.1) is 10.1 Å². The van der Waals surface area contributed by atoms with Crippen LogP contribution in [0.5, 0.6) is 0 Å². The van der Waals surface area contributed by atoms with Crippen molar-refractivity contribution in [1.29, 1.82) is 0 Å². The first-order valence-electron chi connectivity index (χ1n) is 7.99. The van der Waals surface area contributed by atoms with Crippen molar-refractivity contribution in [3.8, 4) is 0 Å². The summed E-state index contributed by atoms with van der Waals surface area (Å²) in [5.41, 5.74) is 0.0707. The van der Waals surface area contributed by atoms with Gasteiger partial charge in [0.25, 0.3) is 11.6 Å². The highest BCUT2D eigenvalue weighted by molar-refractivity contribution is 5.93. The molecule has 1 amide bonds. The molecule has 136 valence electrons. The number of methoxy groups -OCH3 is 1. The fourth-order valence-electron chi connectivity index (χ4n) is 2.52. The molecule has 1 aliphatic heterocycles. The van der Waals surface area contributed by atoms with Crippen LogP contribution in [0.2, 0.25) is 0 Å². The zero-order valence-electron chi connectivity index (χ0n) is 14.0. The minimum atomic E-state index is -0.765. The molecule has 2 rings (SSSR count). The number of rotatable bonds is 8. The molecule has 1 aliphatic rings. The van der Waals surface area contributed by atoms with E-state index < -0.39 is 10.9 Å². The molecule has 0 aromatic heterocycles. The van der Waals surface area contributed by atoms with Gasteiger partial charge < -0.3 is 19.7 Å². The fourth-order valence-corrected chi connectivity index (χ4v) is 2.52. The number of likely N-dealkylation sites (tertiary alicyclic amines) is 1. The van der Waals surface area contributed by atoms with Gasteiger partial charge >= 0.3 is 5.97 Å². The predicted molar refractivity (Wildman–Crippen MR) is 89.6 cm³/mol. The third kappa shape index (κ3) is 5.15. The number of anilines is 1. The van der Waals surface area contributed by atoms with Gasteiger partial charge in [-0.15, -0.1) is 0 Å². The summed E-state index contributed by atoms with van der Waals surface area (Å²) in [5, 5.41) is 14.1. The van der Waals surface area contributed by atoms with Crippen LogP contribution in [0.15, 0.2) is 18.2 Å². The van der Waals surface area contributed by atoms with Crippen molar-refractivity contribution in [1.82, 2.24) is 4.90 Å². The number of esters is 1. The van der Waals surface area contributed by atoms with Crippen LogP contribution in [0.1, 0.15) is 23.2 Å². The highest BCUT2D eigenvalue weighted by Gasteiger charge is 2.21. The van der Waals surface area contributed by atoms with E-state index in [-0.39, 0.29) is 29.5 Å². The van der Waals surface area contributed by atoms with Gasteiger partial charge in [0, 0.05) is 32.8 Å². The molecule has 0 spiro atoms. The fraction of sp³-hybridized carbons (Fsp3) is 0.500. The van der Waals surface area contributed by atoms with E-state index in [9.17, 15) is 19.7 Å². The molecule has 0 bridgehead atoms. The standard InChI is InChI=1S/C16H21N3O6/c1-24-9-6-17-13-5-4-12(10-14(13)19(22)23)16(21)25-11-15(20)18-7-2-3-8-18/h4-5,10,17H,2-3,6-9,11H2,1H3. The second kappa shape index (κ2) is 8.97. The number of benzene rings is 1. The number of amides is 1. The molecule has 0 radical (unpaired) electrons. The first kappa shape index (κ1) is 18.7. The summed E-state index contributed by atoms with van der Waals surface area (Å²) in [6.45, 7) is 1.76. The third-order valence-electron chi connectivity index (χ3n) is 3.84. The van der Waals surface area contributed by atoms with Crippen LogP contribution in [0.25, 0.3) is 0 Å². The monoisotopic (exact) mass is 351 g/mol. The summed E-state index contributed by atoms with van der Waals surface area (Å²) in [4.78, 5) is 36.2. The Kier molecular flexibility index (Phi) is 6.70. The largest absolute Gasteiger partial charge is 0.452 e. The molecule has 0 unspecified atom stereocenters. The van der Waals surface area contributed by atoms with E-state index in [2.05, 4.69) is 5.32 Å². The Morgan fingerprint density at radius 1 is 1.32 bits per heavy atom. The molecule has 1 aromatic rings. The highest BCUT2D eigenvalue weighted by atomic mass is 16.6. The summed E-state index contributed by atoms with van der Waals surface area (Å²) in [6.07, 6.45) is 1.90. The Bertz CT molecular complexity index is 643. The zero-order valence-corrected chi connectivity index (χ0v) is 14.0. The molecule has 0 aliphatic carbocycles. The van der Waals surface area contributed by atoms with Crippen molar-refractivity contribution in [3.63, 3.8) is 0 Å². The Hall–Kier alpha value is -2.68. The Balaban J connectivity index is 1.99. The van der Waals surface area contributed by atoms with Crippen molar-refractivity contribution in [2.45, 2.75) is 12.8 Å². The summed E-state index contributed by atoms with van der Waals surface area (Å²) in [7, 11) is 1.53. The molecule has 1 aromatic carbocycles. The lowest BCUT2D eigenvalue weighted by Gasteiger charge is -2.15. The van der Waals surface area contributed by atoms with Crippen molar-refractivity contribution >= 4 is 23.3 Å². The van der Waals surface area contributed by atoms with Gasteiger partial charge in [-0.3, -0.25) is 14.9 Å². The van der Waals surface area contributed by atoms with Gasteiger partial charge in [0.05, 0.1) is 17.1 Å². The first-order valence-corrected chi connectivity index (χ1v) is 7.99. The lowest BCUT2D eigenvalue weighted by Crippen LogP contribution is -2.32. The molecular formula is C16H21N3O6. The number of carbonyl (C=O) groups is 2. The maximum Gasteiger partial charge on any atom is 0.338 e. The van der Waals surface area contributed by atoms with Crippen molar-refractivity contribution in [2.75, 3.05) is 45.3 Å². The number of nitro benzene ring substituents is 1. The van der Waals surface area contributed by atoms with Crippen LogP contribution < -0.4 is 5.32 Å². The van der Waals surface area contributed by atoms with E-state index in [0.717, 1.165) is 18.9 Å². The van der Waals surface area contributed by atoms with Crippen molar-refractivity contribution in [3.05, 3.63) is 33.9 Å². The van der Waals surface area contributed by atoms with Crippen LogP contribution in [-0.2, 0) is 14.3 Å². The maximum atomic E-state index is 12.1. The van der Waals surface area contributed by atoms with Gasteiger partial charge in [-0.25, -0.2) is 4.79 Å². The summed E-state index contributed by atoms with van der Waals surface area (Å²) in [6, 6.07) is 4.00. The van der Waals surface area contributed by atoms with Crippen molar-refractivity contribution in [2.24, 2.45) is 0 Å². The molecule has 1 heterocycles. The Labute approximate surface area is 145 Å². The summed E-state index contributed by atoms with van der Waals surface area (Å²) in [5.74, 6) is -1.02. The number of hydrogen-bond donors (Lipinski definition) is 1. The smallest absolute Gasteiger partial charge is 0.338 e. The molecule has 1 fully saturated rings. The van der Waals surface area contributed by atoms with E-state index in [1.807, 2.05) is 0 Å². The van der Waals surface area contributed by atoms with Gasteiger partial charge in [-0.05, 0) is 25.0 Å². The van der Waals surface area contributed by atoms with Gasteiger partial charge in [0.1, 0.15) is 5.69 Å². The zero-order chi connectivity index (χ0) is 18.2. The Morgan fingerprint density at radius 3 is 2.68 bits per heavy atom. The van der Waals surface area contributed by atoms with E-state index >= 15 is 0 Å². The minimum absolute atomic E-state index is 0.0261. The first-order chi connectivity index (χ1) is 12.0. The molecule has 9 heteroatoms. The van der Waals surface area contributed by atoms with Gasteiger partial charge in [0.2, 0.25) is 0 Å². The second-order valence-electron chi connectivity index (χ2n) is 5.57. The predicted octanol–water partition coefficient (Wildman–Crippen LogP) is 1.43. The summed E-state index contributed by atoms with van der Waals surface area (Å²) >= 11 is 0. The lowest BCUT2D eigenvalue weighted by molar-refractivity contribution is -0.384. The molecule has 1 saturated heterocycles. The normalized spacial score (nSPS) is 13.6. The van der Waals surface area contributed by atoms with Gasteiger partial charge in [-0.1, -0.05) is 0 Å². The quantitative estimate of drug-likeness (QED) is 0.326. The molecule has 1 N–H and O–H groups in total. The molecule has 9 nitrogen and oxygen atoms in total. The topological polar surface area (TPSA) is 111 Å². The lowest BCUT2D eigenvalue weighted by atomic mass is 10.1. The minimum Gasteiger partial charge on any atom is -0.452 e. The average Bonchev–Trinajstić information content (AvgIpc) is 3.14. The number of carbonyl (C=O) groups excluding carboxylic acids is 2.